The molecule has 0 saturated carbocycles. The first-order valence-corrected chi connectivity index (χ1v) is 5.79. The van der Waals surface area contributed by atoms with E-state index in [1.165, 1.54) is 0 Å². The number of nitrogens with one attached hydrogen (secondary N) is 2. The standard InChI is InChI=1S/C10H14N2OS.ClH/c13-10(8-3-5-11-6-4-8)12-9-2-1-7-14-9;/h1-2,7-8,11H,3-6H2,(H,12,13);1H. The highest BCUT2D eigenvalue weighted by atomic mass is 35.5. The van der Waals surface area contributed by atoms with Crippen LogP contribution in [0, 0.1) is 5.92 Å². The first-order valence-electron chi connectivity index (χ1n) is 4.91. The maximum absolute atomic E-state index is 11.7. The summed E-state index contributed by atoms with van der Waals surface area (Å²) in [5.41, 5.74) is 0. The molecular weight excluding hydrogens is 232 g/mol. The highest BCUT2D eigenvalue weighted by molar-refractivity contribution is 7.14. The lowest BCUT2D eigenvalue weighted by atomic mass is 9.97. The summed E-state index contributed by atoms with van der Waals surface area (Å²) in [6.45, 7) is 1.92. The molecule has 0 aliphatic carbocycles. The summed E-state index contributed by atoms with van der Waals surface area (Å²) in [6.07, 6.45) is 1.91. The van der Waals surface area contributed by atoms with Gasteiger partial charge >= 0.3 is 0 Å². The maximum Gasteiger partial charge on any atom is 0.228 e. The van der Waals surface area contributed by atoms with Gasteiger partial charge in [0.25, 0.3) is 0 Å². The van der Waals surface area contributed by atoms with Gasteiger partial charge in [0.15, 0.2) is 0 Å². The molecule has 2 N–H and O–H groups in total. The number of hydrogen-bond donors (Lipinski definition) is 2. The largest absolute Gasteiger partial charge is 0.317 e. The van der Waals surface area contributed by atoms with Gasteiger partial charge in [0, 0.05) is 5.92 Å². The predicted octanol–water partition coefficient (Wildman–Crippen LogP) is 2.11. The van der Waals surface area contributed by atoms with Crippen molar-refractivity contribution in [3.05, 3.63) is 17.5 Å². The normalized spacial score (nSPS) is 16.8. The van der Waals surface area contributed by atoms with E-state index in [0.717, 1.165) is 30.9 Å². The van der Waals surface area contributed by atoms with Gasteiger partial charge in [0.2, 0.25) is 5.91 Å². The molecule has 2 rings (SSSR count). The van der Waals surface area contributed by atoms with Gasteiger partial charge in [0.05, 0.1) is 5.00 Å². The van der Waals surface area contributed by atoms with Crippen LogP contribution in [0.1, 0.15) is 12.8 Å². The van der Waals surface area contributed by atoms with E-state index in [9.17, 15) is 4.79 Å². The van der Waals surface area contributed by atoms with Crippen molar-refractivity contribution in [1.29, 1.82) is 0 Å². The lowest BCUT2D eigenvalue weighted by Gasteiger charge is -2.21. The lowest BCUT2D eigenvalue weighted by Crippen LogP contribution is -2.34. The average Bonchev–Trinajstić information content (AvgIpc) is 2.72. The van der Waals surface area contributed by atoms with E-state index in [-0.39, 0.29) is 24.2 Å². The molecular formula is C10H15ClN2OS. The summed E-state index contributed by atoms with van der Waals surface area (Å²) < 4.78 is 0. The molecule has 1 saturated heterocycles. The molecule has 0 atom stereocenters. The lowest BCUT2D eigenvalue weighted by molar-refractivity contribution is -0.120. The quantitative estimate of drug-likeness (QED) is 0.839. The number of amides is 1. The zero-order valence-corrected chi connectivity index (χ0v) is 10.00. The molecule has 1 aromatic rings. The number of anilines is 1. The van der Waals surface area contributed by atoms with Crippen LogP contribution < -0.4 is 10.6 Å². The minimum atomic E-state index is 0. The molecule has 5 heteroatoms. The molecule has 0 spiro atoms. The second-order valence-corrected chi connectivity index (χ2v) is 4.44. The molecule has 1 fully saturated rings. The number of hydrogen-bond acceptors (Lipinski definition) is 3. The van der Waals surface area contributed by atoms with Crippen molar-refractivity contribution in [2.45, 2.75) is 12.8 Å². The second-order valence-electron chi connectivity index (χ2n) is 3.49. The third-order valence-corrected chi connectivity index (χ3v) is 3.26. The Kier molecular flexibility index (Phi) is 5.08. The van der Waals surface area contributed by atoms with Crippen LogP contribution in [0.15, 0.2) is 17.5 Å². The third-order valence-electron chi connectivity index (χ3n) is 2.48. The van der Waals surface area contributed by atoms with Crippen molar-refractivity contribution in [3.63, 3.8) is 0 Å². The zero-order chi connectivity index (χ0) is 9.80. The monoisotopic (exact) mass is 246 g/mol. The van der Waals surface area contributed by atoms with Crippen LogP contribution in [0.3, 0.4) is 0 Å². The predicted molar refractivity (Wildman–Crippen MR) is 65.8 cm³/mol. The van der Waals surface area contributed by atoms with E-state index in [2.05, 4.69) is 10.6 Å². The molecule has 15 heavy (non-hydrogen) atoms. The molecule has 1 aliphatic rings. The highest BCUT2D eigenvalue weighted by Crippen LogP contribution is 2.19. The van der Waals surface area contributed by atoms with Crippen molar-refractivity contribution in [2.75, 3.05) is 18.4 Å². The van der Waals surface area contributed by atoms with Gasteiger partial charge in [-0.3, -0.25) is 4.79 Å². The van der Waals surface area contributed by atoms with Crippen LogP contribution in [-0.2, 0) is 4.79 Å². The summed E-state index contributed by atoms with van der Waals surface area (Å²) in [5.74, 6) is 0.368. The Bertz CT molecular complexity index is 296. The first-order chi connectivity index (χ1) is 6.86. The Morgan fingerprint density at radius 2 is 2.20 bits per heavy atom. The van der Waals surface area contributed by atoms with Gasteiger partial charge in [0.1, 0.15) is 0 Å². The number of halogens is 1. The van der Waals surface area contributed by atoms with Crippen LogP contribution >= 0.6 is 23.7 Å². The summed E-state index contributed by atoms with van der Waals surface area (Å²) in [7, 11) is 0. The molecule has 3 nitrogen and oxygen atoms in total. The minimum Gasteiger partial charge on any atom is -0.317 e. The van der Waals surface area contributed by atoms with Gasteiger partial charge in [-0.25, -0.2) is 0 Å². The fourth-order valence-electron chi connectivity index (χ4n) is 1.66. The molecule has 0 unspecified atom stereocenters. The molecule has 84 valence electrons. The third kappa shape index (κ3) is 3.48. The second kappa shape index (κ2) is 6.10. The van der Waals surface area contributed by atoms with Crippen molar-refractivity contribution in [3.8, 4) is 0 Å². The number of thiophene rings is 1. The van der Waals surface area contributed by atoms with Crippen LogP contribution in [0.25, 0.3) is 0 Å². The summed E-state index contributed by atoms with van der Waals surface area (Å²) in [5, 5.41) is 9.12. The maximum atomic E-state index is 11.7. The Morgan fingerprint density at radius 3 is 2.80 bits per heavy atom. The van der Waals surface area contributed by atoms with E-state index in [4.69, 9.17) is 0 Å². The molecule has 1 amide bonds. The smallest absolute Gasteiger partial charge is 0.228 e. The fraction of sp³-hybridized carbons (Fsp3) is 0.500. The molecule has 0 bridgehead atoms. The Labute approximate surface area is 99.7 Å². The van der Waals surface area contributed by atoms with Gasteiger partial charge in [-0.15, -0.1) is 23.7 Å². The van der Waals surface area contributed by atoms with Gasteiger partial charge < -0.3 is 10.6 Å². The van der Waals surface area contributed by atoms with Crippen molar-refractivity contribution < 1.29 is 4.79 Å². The minimum absolute atomic E-state index is 0. The summed E-state index contributed by atoms with van der Waals surface area (Å²) >= 11 is 1.57. The van der Waals surface area contributed by atoms with Crippen LogP contribution in [-0.4, -0.2) is 19.0 Å². The van der Waals surface area contributed by atoms with Gasteiger partial charge in [-0.2, -0.15) is 0 Å². The number of carbonyl (C=O) groups excluding carboxylic acids is 1. The molecule has 0 aromatic carbocycles. The van der Waals surface area contributed by atoms with E-state index in [1.807, 2.05) is 17.5 Å². The topological polar surface area (TPSA) is 41.1 Å². The Hall–Kier alpha value is -0.580. The van der Waals surface area contributed by atoms with Crippen molar-refractivity contribution >= 4 is 34.7 Å². The number of carbonyl (C=O) groups is 1. The Morgan fingerprint density at radius 1 is 1.47 bits per heavy atom. The highest BCUT2D eigenvalue weighted by Gasteiger charge is 2.20. The average molecular weight is 247 g/mol. The molecule has 0 radical (unpaired) electrons. The van der Waals surface area contributed by atoms with Crippen LogP contribution in [0.2, 0.25) is 0 Å². The zero-order valence-electron chi connectivity index (χ0n) is 8.36. The van der Waals surface area contributed by atoms with E-state index >= 15 is 0 Å². The fourth-order valence-corrected chi connectivity index (χ4v) is 2.28. The Balaban J connectivity index is 0.00000112. The van der Waals surface area contributed by atoms with Crippen molar-refractivity contribution in [2.24, 2.45) is 5.92 Å². The number of piperidine rings is 1. The van der Waals surface area contributed by atoms with Gasteiger partial charge in [-0.1, -0.05) is 0 Å². The molecule has 1 aromatic heterocycles. The number of rotatable bonds is 2. The molecule has 2 heterocycles. The van der Waals surface area contributed by atoms with Crippen LogP contribution in [0.5, 0.6) is 0 Å². The van der Waals surface area contributed by atoms with E-state index < -0.39 is 0 Å². The van der Waals surface area contributed by atoms with Crippen LogP contribution in [0.4, 0.5) is 5.00 Å². The van der Waals surface area contributed by atoms with E-state index in [0.29, 0.717) is 0 Å². The van der Waals surface area contributed by atoms with Crippen molar-refractivity contribution in [1.82, 2.24) is 5.32 Å². The van der Waals surface area contributed by atoms with Gasteiger partial charge in [-0.05, 0) is 43.4 Å². The first kappa shape index (κ1) is 12.5. The summed E-state index contributed by atoms with van der Waals surface area (Å²) in [4.78, 5) is 11.7. The van der Waals surface area contributed by atoms with E-state index in [1.54, 1.807) is 11.3 Å². The SMILES string of the molecule is Cl.O=C(Nc1cccs1)C1CCNCC1. The summed E-state index contributed by atoms with van der Waals surface area (Å²) in [6, 6.07) is 3.88. The molecule has 1 aliphatic heterocycles.